The van der Waals surface area contributed by atoms with Crippen LogP contribution in [-0.4, -0.2) is 70.9 Å². The van der Waals surface area contributed by atoms with Crippen molar-refractivity contribution in [3.05, 3.63) is 54.6 Å². The summed E-state index contributed by atoms with van der Waals surface area (Å²) in [6.45, 7) is 4.65. The van der Waals surface area contributed by atoms with Crippen LogP contribution >= 0.6 is 0 Å². The van der Waals surface area contributed by atoms with Gasteiger partial charge in [-0.25, -0.2) is 9.97 Å². The molecule has 2 aliphatic heterocycles. The van der Waals surface area contributed by atoms with Gasteiger partial charge < -0.3 is 4.90 Å². The molecule has 7 heteroatoms. The van der Waals surface area contributed by atoms with Crippen LogP contribution in [0.2, 0.25) is 0 Å². The van der Waals surface area contributed by atoms with Gasteiger partial charge in [-0.2, -0.15) is 0 Å². The molecule has 2 aliphatic rings. The molecule has 0 radical (unpaired) electrons. The number of fused-ring (bicyclic) bond motifs is 1. The Hall–Kier alpha value is -3.32. The summed E-state index contributed by atoms with van der Waals surface area (Å²) in [4.78, 5) is 39.4. The maximum absolute atomic E-state index is 11.8. The fourth-order valence-corrected chi connectivity index (χ4v) is 4.31. The van der Waals surface area contributed by atoms with Crippen molar-refractivity contribution < 1.29 is 9.59 Å². The third-order valence-corrected chi connectivity index (χ3v) is 6.08. The maximum Gasteiger partial charge on any atom is 0.229 e. The Kier molecular flexibility index (Phi) is 5.34. The lowest BCUT2D eigenvalue weighted by atomic mass is 10.1. The third kappa shape index (κ3) is 4.01. The number of nitrogens with zero attached hydrogens (tertiary/aromatic N) is 5. The monoisotopic (exact) mass is 415 g/mol. The van der Waals surface area contributed by atoms with E-state index in [2.05, 4.69) is 15.9 Å². The zero-order valence-electron chi connectivity index (χ0n) is 17.4. The fraction of sp³-hybridized carbons (Fsp3) is 0.333. The summed E-state index contributed by atoms with van der Waals surface area (Å²) >= 11 is 0. The molecule has 0 aliphatic carbocycles. The quantitative estimate of drug-likeness (QED) is 0.597. The van der Waals surface area contributed by atoms with E-state index in [1.807, 2.05) is 48.5 Å². The van der Waals surface area contributed by atoms with E-state index in [1.54, 1.807) is 0 Å². The Labute approximate surface area is 181 Å². The number of rotatable bonds is 5. The maximum atomic E-state index is 11.8. The van der Waals surface area contributed by atoms with E-state index < -0.39 is 0 Å². The molecule has 2 saturated heterocycles. The number of carbonyl (C=O) groups is 2. The molecule has 5 rings (SSSR count). The smallest absolute Gasteiger partial charge is 0.229 e. The van der Waals surface area contributed by atoms with Crippen molar-refractivity contribution in [2.45, 2.75) is 12.8 Å². The van der Waals surface area contributed by atoms with Crippen LogP contribution in [-0.2, 0) is 9.59 Å². The minimum Gasteiger partial charge on any atom is -0.353 e. The van der Waals surface area contributed by atoms with Crippen LogP contribution in [0, 0.1) is 0 Å². The lowest BCUT2D eigenvalue weighted by Crippen LogP contribution is -2.49. The largest absolute Gasteiger partial charge is 0.353 e. The van der Waals surface area contributed by atoms with Gasteiger partial charge in [0.1, 0.15) is 5.82 Å². The number of piperazine rings is 1. The van der Waals surface area contributed by atoms with E-state index >= 15 is 0 Å². The van der Waals surface area contributed by atoms with Crippen molar-refractivity contribution in [2.75, 3.05) is 44.2 Å². The number of imide groups is 1. The second-order valence-corrected chi connectivity index (χ2v) is 8.02. The molecule has 1 aromatic heterocycles. The first-order chi connectivity index (χ1) is 15.2. The second kappa shape index (κ2) is 8.43. The lowest BCUT2D eigenvalue weighted by molar-refractivity contribution is -0.138. The van der Waals surface area contributed by atoms with E-state index in [4.69, 9.17) is 9.97 Å². The zero-order valence-corrected chi connectivity index (χ0v) is 17.4. The normalized spacial score (nSPS) is 17.7. The zero-order chi connectivity index (χ0) is 21.2. The van der Waals surface area contributed by atoms with Crippen molar-refractivity contribution in [1.29, 1.82) is 0 Å². The molecule has 3 aromatic rings. The van der Waals surface area contributed by atoms with Gasteiger partial charge in [-0.05, 0) is 12.1 Å². The average molecular weight is 415 g/mol. The van der Waals surface area contributed by atoms with Crippen molar-refractivity contribution in [3.8, 4) is 11.4 Å². The highest BCUT2D eigenvalue weighted by Gasteiger charge is 2.29. The first kappa shape index (κ1) is 19.6. The molecule has 0 N–H and O–H groups in total. The summed E-state index contributed by atoms with van der Waals surface area (Å²) in [6.07, 6.45) is 0.717. The molecular weight excluding hydrogens is 390 g/mol. The predicted octanol–water partition coefficient (Wildman–Crippen LogP) is 2.57. The number of likely N-dealkylation sites (tertiary alicyclic amines) is 1. The van der Waals surface area contributed by atoms with Gasteiger partial charge in [0.25, 0.3) is 0 Å². The topological polar surface area (TPSA) is 69.6 Å². The van der Waals surface area contributed by atoms with Gasteiger partial charge in [0.2, 0.25) is 11.8 Å². The van der Waals surface area contributed by atoms with E-state index in [0.29, 0.717) is 19.4 Å². The van der Waals surface area contributed by atoms with Gasteiger partial charge in [-0.1, -0.05) is 42.5 Å². The van der Waals surface area contributed by atoms with Crippen molar-refractivity contribution in [3.63, 3.8) is 0 Å². The Morgan fingerprint density at radius 1 is 0.742 bits per heavy atom. The molecule has 0 saturated carbocycles. The Morgan fingerprint density at radius 3 is 2.16 bits per heavy atom. The summed E-state index contributed by atoms with van der Waals surface area (Å²) in [5, 5.41) is 1.06. The van der Waals surface area contributed by atoms with Crippen LogP contribution in [0.4, 0.5) is 5.82 Å². The summed E-state index contributed by atoms with van der Waals surface area (Å²) in [5.41, 5.74) is 1.95. The molecule has 2 aromatic carbocycles. The van der Waals surface area contributed by atoms with Crippen LogP contribution in [0.25, 0.3) is 22.3 Å². The third-order valence-electron chi connectivity index (χ3n) is 6.08. The standard InChI is InChI=1S/C24H25N5O2/c30-21-10-11-22(31)29(21)17-14-27-12-15-28(16-13-27)24-19-8-4-5-9-20(19)25-23(26-24)18-6-2-1-3-7-18/h1-9H,10-17H2. The minimum absolute atomic E-state index is 0.0375. The Morgan fingerprint density at radius 2 is 1.42 bits per heavy atom. The highest BCUT2D eigenvalue weighted by Crippen LogP contribution is 2.28. The molecule has 31 heavy (non-hydrogen) atoms. The van der Waals surface area contributed by atoms with Gasteiger partial charge in [0.15, 0.2) is 5.82 Å². The van der Waals surface area contributed by atoms with Gasteiger partial charge in [0.05, 0.1) is 5.52 Å². The molecule has 0 spiro atoms. The Balaban J connectivity index is 1.32. The molecule has 2 fully saturated rings. The van der Waals surface area contributed by atoms with Crippen molar-refractivity contribution in [2.24, 2.45) is 0 Å². The minimum atomic E-state index is -0.0375. The molecule has 3 heterocycles. The van der Waals surface area contributed by atoms with Crippen LogP contribution in [0.15, 0.2) is 54.6 Å². The van der Waals surface area contributed by atoms with Gasteiger partial charge in [0, 0.05) is 63.1 Å². The number of para-hydroxylation sites is 1. The van der Waals surface area contributed by atoms with E-state index in [1.165, 1.54) is 4.90 Å². The molecule has 7 nitrogen and oxygen atoms in total. The lowest BCUT2D eigenvalue weighted by Gasteiger charge is -2.36. The van der Waals surface area contributed by atoms with E-state index in [-0.39, 0.29) is 11.8 Å². The summed E-state index contributed by atoms with van der Waals surface area (Å²) in [7, 11) is 0. The summed E-state index contributed by atoms with van der Waals surface area (Å²) in [5.74, 6) is 1.63. The average Bonchev–Trinajstić information content (AvgIpc) is 3.15. The number of hydrogen-bond donors (Lipinski definition) is 0. The number of benzene rings is 2. The second-order valence-electron chi connectivity index (χ2n) is 8.02. The number of anilines is 1. The van der Waals surface area contributed by atoms with Crippen LogP contribution in [0.3, 0.4) is 0 Å². The van der Waals surface area contributed by atoms with Crippen LogP contribution in [0.5, 0.6) is 0 Å². The highest BCUT2D eigenvalue weighted by atomic mass is 16.2. The first-order valence-electron chi connectivity index (χ1n) is 10.8. The molecule has 158 valence electrons. The number of hydrogen-bond acceptors (Lipinski definition) is 6. The summed E-state index contributed by atoms with van der Waals surface area (Å²) in [6, 6.07) is 18.2. The molecule has 0 atom stereocenters. The molecule has 0 bridgehead atoms. The SMILES string of the molecule is O=C1CCC(=O)N1CCN1CCN(c2nc(-c3ccccc3)nc3ccccc23)CC1. The van der Waals surface area contributed by atoms with E-state index in [0.717, 1.165) is 60.8 Å². The van der Waals surface area contributed by atoms with Gasteiger partial charge >= 0.3 is 0 Å². The van der Waals surface area contributed by atoms with Crippen LogP contribution < -0.4 is 4.90 Å². The van der Waals surface area contributed by atoms with E-state index in [9.17, 15) is 9.59 Å². The number of carbonyl (C=O) groups excluding carboxylic acids is 2. The predicted molar refractivity (Wildman–Crippen MR) is 120 cm³/mol. The summed E-state index contributed by atoms with van der Waals surface area (Å²) < 4.78 is 0. The molecule has 2 amide bonds. The molecule has 0 unspecified atom stereocenters. The highest BCUT2D eigenvalue weighted by molar-refractivity contribution is 6.01. The van der Waals surface area contributed by atoms with Crippen LogP contribution in [0.1, 0.15) is 12.8 Å². The Bertz CT molecular complexity index is 1090. The van der Waals surface area contributed by atoms with Gasteiger partial charge in [-0.15, -0.1) is 0 Å². The van der Waals surface area contributed by atoms with Crippen molar-refractivity contribution >= 4 is 28.5 Å². The first-order valence-corrected chi connectivity index (χ1v) is 10.8. The fourth-order valence-electron chi connectivity index (χ4n) is 4.31. The molecular formula is C24H25N5O2. The van der Waals surface area contributed by atoms with Gasteiger partial charge in [-0.3, -0.25) is 19.4 Å². The van der Waals surface area contributed by atoms with Crippen molar-refractivity contribution in [1.82, 2.24) is 19.8 Å². The number of aromatic nitrogens is 2. The number of amides is 2.